The number of carboxylic acids is 1. The topological polar surface area (TPSA) is 63.6 Å². The summed E-state index contributed by atoms with van der Waals surface area (Å²) in [4.78, 5) is 21.0. The van der Waals surface area contributed by atoms with Crippen LogP contribution in [0.25, 0.3) is 0 Å². The highest BCUT2D eigenvalue weighted by molar-refractivity contribution is 6.42. The first kappa shape index (κ1) is 8.80. The van der Waals surface area contributed by atoms with Crippen molar-refractivity contribution >= 4 is 23.5 Å². The minimum atomic E-state index is -1.14. The molecule has 1 aliphatic heterocycles. The highest BCUT2D eigenvalue weighted by Crippen LogP contribution is 2.22. The third kappa shape index (κ3) is 1.48. The molecule has 0 unspecified atom stereocenters. The van der Waals surface area contributed by atoms with Crippen molar-refractivity contribution in [1.29, 1.82) is 0 Å². The molecule has 0 amide bonds. The van der Waals surface area contributed by atoms with E-state index in [4.69, 9.17) is 16.7 Å². The second-order valence-corrected chi connectivity index (χ2v) is 2.58. The molecule has 0 aromatic heterocycles. The summed E-state index contributed by atoms with van der Waals surface area (Å²) in [6, 6.07) is 0. The van der Waals surface area contributed by atoms with Gasteiger partial charge in [-0.2, -0.15) is 0 Å². The number of allylic oxidation sites excluding steroid dienone is 1. The van der Waals surface area contributed by atoms with Crippen molar-refractivity contribution in [2.75, 3.05) is 0 Å². The number of cyclic esters (lactones) is 1. The molecule has 1 heterocycles. The zero-order chi connectivity index (χ0) is 9.30. The Kier molecular flexibility index (Phi) is 2.19. The van der Waals surface area contributed by atoms with E-state index in [-0.39, 0.29) is 16.4 Å². The summed E-state index contributed by atoms with van der Waals surface area (Å²) in [6.45, 7) is 1.33. The van der Waals surface area contributed by atoms with Crippen LogP contribution in [0.2, 0.25) is 0 Å². The number of esters is 1. The maximum Gasteiger partial charge on any atom is 0.355 e. The molecule has 12 heavy (non-hydrogen) atoms. The number of rotatable bonds is 1. The third-order valence-corrected chi connectivity index (χ3v) is 1.61. The minimum Gasteiger partial charge on any atom is -0.478 e. The molecule has 4 nitrogen and oxygen atoms in total. The van der Waals surface area contributed by atoms with Crippen LogP contribution in [-0.2, 0) is 14.3 Å². The highest BCUT2D eigenvalue weighted by atomic mass is 35.5. The fourth-order valence-electron chi connectivity index (χ4n) is 0.642. The Morgan fingerprint density at radius 3 is 2.58 bits per heavy atom. The lowest BCUT2D eigenvalue weighted by atomic mass is 10.2. The number of ether oxygens (including phenoxy) is 1. The summed E-state index contributed by atoms with van der Waals surface area (Å²) in [5, 5.41) is 8.39. The fraction of sp³-hybridized carbons (Fsp3) is 0.143. The van der Waals surface area contributed by atoms with E-state index >= 15 is 0 Å². The molecule has 0 aliphatic carbocycles. The second-order valence-electron chi connectivity index (χ2n) is 2.18. The monoisotopic (exact) mass is 188 g/mol. The summed E-state index contributed by atoms with van der Waals surface area (Å²) in [6.07, 6.45) is 1.19. The maximum absolute atomic E-state index is 10.7. The van der Waals surface area contributed by atoms with E-state index in [0.29, 0.717) is 0 Å². The van der Waals surface area contributed by atoms with E-state index in [1.54, 1.807) is 0 Å². The van der Waals surface area contributed by atoms with Crippen molar-refractivity contribution in [3.05, 3.63) is 22.4 Å². The molecule has 0 atom stereocenters. The Morgan fingerprint density at radius 1 is 1.67 bits per heavy atom. The van der Waals surface area contributed by atoms with E-state index in [1.165, 1.54) is 13.0 Å². The van der Waals surface area contributed by atoms with E-state index in [1.807, 2.05) is 0 Å². The maximum atomic E-state index is 10.7. The average molecular weight is 189 g/mol. The average Bonchev–Trinajstić information content (AvgIpc) is 2.30. The van der Waals surface area contributed by atoms with Crippen molar-refractivity contribution in [2.45, 2.75) is 6.92 Å². The van der Waals surface area contributed by atoms with Crippen LogP contribution in [0.15, 0.2) is 22.4 Å². The molecular formula is C7H5ClO4. The van der Waals surface area contributed by atoms with Crippen LogP contribution in [-0.4, -0.2) is 17.0 Å². The lowest BCUT2D eigenvalue weighted by Crippen LogP contribution is -2.02. The van der Waals surface area contributed by atoms with Gasteiger partial charge < -0.3 is 9.84 Å². The van der Waals surface area contributed by atoms with Gasteiger partial charge >= 0.3 is 11.9 Å². The third-order valence-electron chi connectivity index (χ3n) is 1.35. The van der Waals surface area contributed by atoms with Gasteiger partial charge in [0.2, 0.25) is 0 Å². The molecule has 64 valence electrons. The number of carboxylic acid groups (broad SMARTS) is 1. The van der Waals surface area contributed by atoms with Gasteiger partial charge in [-0.3, -0.25) is 0 Å². The molecule has 0 radical (unpaired) electrons. The molecular weight excluding hydrogens is 184 g/mol. The van der Waals surface area contributed by atoms with Crippen molar-refractivity contribution in [1.82, 2.24) is 0 Å². The Hall–Kier alpha value is -1.29. The van der Waals surface area contributed by atoms with E-state index < -0.39 is 11.9 Å². The summed E-state index contributed by atoms with van der Waals surface area (Å²) in [5.41, 5.74) is -0.0426. The number of hydrogen-bond acceptors (Lipinski definition) is 3. The van der Waals surface area contributed by atoms with Gasteiger partial charge in [0, 0.05) is 6.08 Å². The standard InChI is InChI=1S/C7H5ClO4/c1-3(6(9)10)5-2-4(8)7(11)12-5/h2H,1H3,(H,9,10)/b5-3+. The van der Waals surface area contributed by atoms with Gasteiger partial charge in [0.25, 0.3) is 0 Å². The van der Waals surface area contributed by atoms with E-state index in [2.05, 4.69) is 4.74 Å². The first-order chi connectivity index (χ1) is 5.52. The number of carbonyl (C=O) groups excluding carboxylic acids is 1. The molecule has 0 fully saturated rings. The Bertz CT molecular complexity index is 313. The molecule has 0 aromatic rings. The molecule has 1 N–H and O–H groups in total. The fourth-order valence-corrected chi connectivity index (χ4v) is 0.780. The molecule has 0 aromatic carbocycles. The summed E-state index contributed by atoms with van der Waals surface area (Å²) >= 11 is 5.37. The van der Waals surface area contributed by atoms with Crippen LogP contribution in [0, 0.1) is 0 Å². The van der Waals surface area contributed by atoms with Gasteiger partial charge in [-0.05, 0) is 6.92 Å². The summed E-state index contributed by atoms with van der Waals surface area (Å²) in [5.74, 6) is -1.86. The van der Waals surface area contributed by atoms with Crippen LogP contribution < -0.4 is 0 Å². The van der Waals surface area contributed by atoms with E-state index in [9.17, 15) is 9.59 Å². The number of hydrogen-bond donors (Lipinski definition) is 1. The van der Waals surface area contributed by atoms with E-state index in [0.717, 1.165) is 0 Å². The van der Waals surface area contributed by atoms with Crippen molar-refractivity contribution in [2.24, 2.45) is 0 Å². The van der Waals surface area contributed by atoms with Gasteiger partial charge in [0.1, 0.15) is 10.8 Å². The van der Waals surface area contributed by atoms with Crippen molar-refractivity contribution in [3.8, 4) is 0 Å². The first-order valence-corrected chi connectivity index (χ1v) is 3.43. The van der Waals surface area contributed by atoms with Gasteiger partial charge in [-0.25, -0.2) is 9.59 Å². The van der Waals surface area contributed by atoms with Gasteiger partial charge in [-0.1, -0.05) is 11.6 Å². The molecule has 0 spiro atoms. The van der Waals surface area contributed by atoms with Crippen LogP contribution in [0.5, 0.6) is 0 Å². The zero-order valence-corrected chi connectivity index (χ0v) is 6.88. The summed E-state index contributed by atoms with van der Waals surface area (Å²) in [7, 11) is 0. The minimum absolute atomic E-state index is 0.00231. The normalized spacial score (nSPS) is 20.2. The smallest absolute Gasteiger partial charge is 0.355 e. The Morgan fingerprint density at radius 2 is 2.25 bits per heavy atom. The highest BCUT2D eigenvalue weighted by Gasteiger charge is 2.22. The van der Waals surface area contributed by atoms with Gasteiger partial charge in [0.15, 0.2) is 0 Å². The molecule has 0 bridgehead atoms. The largest absolute Gasteiger partial charge is 0.478 e. The van der Waals surface area contributed by atoms with Crippen LogP contribution in [0.1, 0.15) is 6.92 Å². The predicted molar refractivity (Wildman–Crippen MR) is 40.4 cm³/mol. The molecule has 1 aliphatic rings. The van der Waals surface area contributed by atoms with Crippen LogP contribution >= 0.6 is 11.6 Å². The first-order valence-electron chi connectivity index (χ1n) is 3.06. The van der Waals surface area contributed by atoms with Crippen LogP contribution in [0.4, 0.5) is 0 Å². The zero-order valence-electron chi connectivity index (χ0n) is 6.13. The number of halogens is 1. The quantitative estimate of drug-likeness (QED) is 0.493. The lowest BCUT2D eigenvalue weighted by molar-refractivity contribution is -0.133. The SMILES string of the molecule is C/C(C(=O)O)=C1/C=C(Cl)C(=O)O1. The Balaban J connectivity index is 3.03. The molecule has 1 rings (SSSR count). The number of carbonyl (C=O) groups is 2. The number of aliphatic carboxylic acids is 1. The predicted octanol–water partition coefficient (Wildman–Crippen LogP) is 1.02. The van der Waals surface area contributed by atoms with Crippen molar-refractivity contribution < 1.29 is 19.4 Å². The van der Waals surface area contributed by atoms with Gasteiger partial charge in [-0.15, -0.1) is 0 Å². The lowest BCUT2D eigenvalue weighted by Gasteiger charge is -1.97. The van der Waals surface area contributed by atoms with Crippen LogP contribution in [0.3, 0.4) is 0 Å². The molecule has 5 heteroatoms. The van der Waals surface area contributed by atoms with Crippen molar-refractivity contribution in [3.63, 3.8) is 0 Å². The molecule has 0 saturated carbocycles. The van der Waals surface area contributed by atoms with Gasteiger partial charge in [0.05, 0.1) is 5.57 Å². The Labute approximate surface area is 73.1 Å². The summed E-state index contributed by atoms with van der Waals surface area (Å²) < 4.78 is 4.53. The second kappa shape index (κ2) is 2.98. The molecule has 0 saturated heterocycles.